The number of benzene rings is 1. The number of ketones is 2. The molecule has 3 heterocycles. The number of aromatic nitrogens is 2. The lowest BCUT2D eigenvalue weighted by molar-refractivity contribution is -0.132. The quantitative estimate of drug-likeness (QED) is 0.196. The highest BCUT2D eigenvalue weighted by molar-refractivity contribution is 7.18. The Morgan fingerprint density at radius 2 is 1.92 bits per heavy atom. The number of hydrogen-bond acceptors (Lipinski definition) is 8. The third-order valence-corrected chi connectivity index (χ3v) is 7.10. The number of anilines is 1. The summed E-state index contributed by atoms with van der Waals surface area (Å²) in [5.74, 6) is -1.09. The van der Waals surface area contributed by atoms with E-state index in [0.717, 1.165) is 17.8 Å². The molecule has 1 aromatic carbocycles. The van der Waals surface area contributed by atoms with Gasteiger partial charge >= 0.3 is 5.91 Å². The molecule has 1 N–H and O–H groups in total. The summed E-state index contributed by atoms with van der Waals surface area (Å²) < 4.78 is 5.91. The van der Waals surface area contributed by atoms with Crippen LogP contribution in [-0.4, -0.2) is 39.2 Å². The van der Waals surface area contributed by atoms with Crippen molar-refractivity contribution in [1.82, 2.24) is 9.97 Å². The molecule has 0 bridgehead atoms. The smallest absolute Gasteiger partial charge is 0.301 e. The van der Waals surface area contributed by atoms with Crippen LogP contribution in [0.1, 0.15) is 59.7 Å². The molecular formula is C27H27N3O5S. The van der Waals surface area contributed by atoms with Crippen molar-refractivity contribution in [3.8, 4) is 5.75 Å². The zero-order chi connectivity index (χ0) is 26.0. The summed E-state index contributed by atoms with van der Waals surface area (Å²) in [6.07, 6.45) is 3.86. The van der Waals surface area contributed by atoms with E-state index in [1.807, 2.05) is 0 Å². The van der Waals surface area contributed by atoms with E-state index in [2.05, 4.69) is 23.8 Å². The second-order valence-electron chi connectivity index (χ2n) is 8.98. The normalized spacial score (nSPS) is 17.1. The van der Waals surface area contributed by atoms with Crippen LogP contribution in [0.25, 0.3) is 5.76 Å². The van der Waals surface area contributed by atoms with Crippen molar-refractivity contribution in [2.45, 2.75) is 40.2 Å². The number of Topliss-reactive ketones (excluding diaryl/α,β-unsaturated/α-hetero) is 2. The van der Waals surface area contributed by atoms with Crippen molar-refractivity contribution in [2.24, 2.45) is 5.92 Å². The van der Waals surface area contributed by atoms with E-state index in [1.54, 1.807) is 43.3 Å². The van der Waals surface area contributed by atoms with Crippen LogP contribution in [0, 0.1) is 12.8 Å². The summed E-state index contributed by atoms with van der Waals surface area (Å²) in [6, 6.07) is 9.28. The first-order valence-electron chi connectivity index (χ1n) is 11.6. The number of carbonyl (C=O) groups is 3. The molecule has 0 saturated carbocycles. The van der Waals surface area contributed by atoms with Crippen molar-refractivity contribution >= 4 is 39.7 Å². The Hall–Kier alpha value is -3.85. The summed E-state index contributed by atoms with van der Waals surface area (Å²) in [6.45, 7) is 7.85. The molecule has 1 amide bonds. The predicted molar refractivity (Wildman–Crippen MR) is 137 cm³/mol. The molecule has 1 unspecified atom stereocenters. The van der Waals surface area contributed by atoms with E-state index in [4.69, 9.17) is 4.74 Å². The maximum Gasteiger partial charge on any atom is 0.301 e. The second-order valence-corrected chi connectivity index (χ2v) is 9.95. The van der Waals surface area contributed by atoms with E-state index >= 15 is 0 Å². The standard InChI is InChI=1S/C27H27N3O5S/c1-15(2)10-13-35-20-7-5-6-19(14-20)22-21(23(32)18-8-11-28-12-9-18)24(33)26(34)30(22)27-29-16(3)25(36-27)17(4)31/h5-9,11-12,14-15,22,32H,10,13H2,1-4H3. The average Bonchev–Trinajstić information content (AvgIpc) is 3.36. The second kappa shape index (κ2) is 10.4. The lowest BCUT2D eigenvalue weighted by Gasteiger charge is -2.23. The number of hydrogen-bond donors (Lipinski definition) is 1. The summed E-state index contributed by atoms with van der Waals surface area (Å²) in [4.78, 5) is 48.8. The van der Waals surface area contributed by atoms with E-state index < -0.39 is 17.7 Å². The molecule has 9 heteroatoms. The van der Waals surface area contributed by atoms with Crippen LogP contribution in [0.15, 0.2) is 54.4 Å². The van der Waals surface area contributed by atoms with Crippen molar-refractivity contribution in [2.75, 3.05) is 11.5 Å². The average molecular weight is 506 g/mol. The molecule has 1 atom stereocenters. The Morgan fingerprint density at radius 1 is 1.19 bits per heavy atom. The highest BCUT2D eigenvalue weighted by Gasteiger charge is 2.48. The number of aryl methyl sites for hydroxylation is 1. The van der Waals surface area contributed by atoms with Gasteiger partial charge in [-0.2, -0.15) is 0 Å². The molecule has 36 heavy (non-hydrogen) atoms. The van der Waals surface area contributed by atoms with Gasteiger partial charge in [0.05, 0.1) is 28.8 Å². The molecule has 4 rings (SSSR count). The molecule has 1 saturated heterocycles. The number of carbonyl (C=O) groups excluding carboxylic acids is 3. The van der Waals surface area contributed by atoms with Gasteiger partial charge in [-0.1, -0.05) is 37.3 Å². The van der Waals surface area contributed by atoms with E-state index in [-0.39, 0.29) is 22.2 Å². The van der Waals surface area contributed by atoms with Gasteiger partial charge in [0, 0.05) is 24.9 Å². The fraction of sp³-hybridized carbons (Fsp3) is 0.296. The Kier molecular flexibility index (Phi) is 7.30. The van der Waals surface area contributed by atoms with Gasteiger partial charge in [-0.3, -0.25) is 24.3 Å². The minimum atomic E-state index is -0.961. The van der Waals surface area contributed by atoms with E-state index in [0.29, 0.717) is 40.0 Å². The largest absolute Gasteiger partial charge is 0.507 e. The SMILES string of the molecule is CC(=O)c1sc(N2C(=O)C(=O)C(=C(O)c3ccncc3)C2c2cccc(OCCC(C)C)c2)nc1C. The van der Waals surface area contributed by atoms with Crippen molar-refractivity contribution in [1.29, 1.82) is 0 Å². The Morgan fingerprint density at radius 3 is 2.56 bits per heavy atom. The van der Waals surface area contributed by atoms with Crippen molar-refractivity contribution < 1.29 is 24.2 Å². The van der Waals surface area contributed by atoms with Gasteiger partial charge in [0.15, 0.2) is 10.9 Å². The number of thiazole rings is 1. The van der Waals surface area contributed by atoms with Gasteiger partial charge in [0.25, 0.3) is 5.78 Å². The first-order chi connectivity index (χ1) is 17.2. The van der Waals surface area contributed by atoms with Gasteiger partial charge in [-0.05, 0) is 49.1 Å². The van der Waals surface area contributed by atoms with Gasteiger partial charge in [0.2, 0.25) is 0 Å². The number of pyridine rings is 1. The minimum Gasteiger partial charge on any atom is -0.507 e. The fourth-order valence-corrected chi connectivity index (χ4v) is 5.00. The molecular weight excluding hydrogens is 478 g/mol. The van der Waals surface area contributed by atoms with Crippen LogP contribution in [0.2, 0.25) is 0 Å². The zero-order valence-corrected chi connectivity index (χ0v) is 21.3. The molecule has 1 aliphatic heterocycles. The summed E-state index contributed by atoms with van der Waals surface area (Å²) in [7, 11) is 0. The number of rotatable bonds is 8. The van der Waals surface area contributed by atoms with Crippen molar-refractivity contribution in [3.63, 3.8) is 0 Å². The minimum absolute atomic E-state index is 0.0669. The molecule has 186 valence electrons. The maximum absolute atomic E-state index is 13.3. The van der Waals surface area contributed by atoms with Gasteiger partial charge in [-0.25, -0.2) is 4.98 Å². The Balaban J connectivity index is 1.86. The highest BCUT2D eigenvalue weighted by atomic mass is 32.1. The summed E-state index contributed by atoms with van der Waals surface area (Å²) >= 11 is 1.05. The van der Waals surface area contributed by atoms with Crippen LogP contribution in [0.3, 0.4) is 0 Å². The van der Waals surface area contributed by atoms with Crippen molar-refractivity contribution in [3.05, 3.63) is 76.1 Å². The Labute approximate surface area is 213 Å². The molecule has 0 radical (unpaired) electrons. The molecule has 3 aromatic rings. The van der Waals surface area contributed by atoms with E-state index in [9.17, 15) is 19.5 Å². The fourth-order valence-electron chi connectivity index (χ4n) is 4.01. The summed E-state index contributed by atoms with van der Waals surface area (Å²) in [5.41, 5.74) is 1.34. The van der Waals surface area contributed by atoms with Crippen LogP contribution in [-0.2, 0) is 9.59 Å². The molecule has 8 nitrogen and oxygen atoms in total. The molecule has 2 aromatic heterocycles. The van der Waals surface area contributed by atoms with Gasteiger partial charge < -0.3 is 9.84 Å². The number of aliphatic hydroxyl groups excluding tert-OH is 1. The number of nitrogens with zero attached hydrogens (tertiary/aromatic N) is 3. The highest BCUT2D eigenvalue weighted by Crippen LogP contribution is 2.44. The third kappa shape index (κ3) is 4.92. The number of aliphatic hydroxyl groups is 1. The molecule has 1 aliphatic rings. The molecule has 1 fully saturated rings. The molecule has 0 aliphatic carbocycles. The topological polar surface area (TPSA) is 110 Å². The zero-order valence-electron chi connectivity index (χ0n) is 20.5. The van der Waals surface area contributed by atoms with E-state index in [1.165, 1.54) is 24.2 Å². The van der Waals surface area contributed by atoms with Crippen LogP contribution < -0.4 is 9.64 Å². The first-order valence-corrected chi connectivity index (χ1v) is 12.4. The number of amides is 1. The predicted octanol–water partition coefficient (Wildman–Crippen LogP) is 5.10. The monoisotopic (exact) mass is 505 g/mol. The van der Waals surface area contributed by atoms with Gasteiger partial charge in [0.1, 0.15) is 11.5 Å². The third-order valence-electron chi connectivity index (χ3n) is 5.85. The van der Waals surface area contributed by atoms with Crippen LogP contribution in [0.4, 0.5) is 5.13 Å². The molecule has 0 spiro atoms. The number of ether oxygens (including phenoxy) is 1. The summed E-state index contributed by atoms with van der Waals surface area (Å²) in [5, 5.41) is 11.4. The van der Waals surface area contributed by atoms with Crippen LogP contribution in [0.5, 0.6) is 5.75 Å². The van der Waals surface area contributed by atoms with Gasteiger partial charge in [-0.15, -0.1) is 0 Å². The van der Waals surface area contributed by atoms with Crippen LogP contribution >= 0.6 is 11.3 Å². The maximum atomic E-state index is 13.3. The lowest BCUT2D eigenvalue weighted by Crippen LogP contribution is -2.29. The first kappa shape index (κ1) is 25.2. The Bertz CT molecular complexity index is 1350. The lowest BCUT2D eigenvalue weighted by atomic mass is 9.95.